The highest BCUT2D eigenvalue weighted by Gasteiger charge is 2.30. The summed E-state index contributed by atoms with van der Waals surface area (Å²) in [5.41, 5.74) is 0.647. The number of amides is 1. The molecule has 2 aromatic rings. The van der Waals surface area contributed by atoms with Gasteiger partial charge in [0.1, 0.15) is 10.7 Å². The fourth-order valence-electron chi connectivity index (χ4n) is 4.11. The number of fused-ring (bicyclic) bond motifs is 2. The third-order valence-corrected chi connectivity index (χ3v) is 8.95. The van der Waals surface area contributed by atoms with Crippen LogP contribution in [0, 0.1) is 6.92 Å². The SMILES string of the molecule is CCS(=O)(=O)N1CCN(C(=O)c2sc3nc4n(c(=O)c3c2C)CCCCC4)CC1. The normalized spacial score (nSPS) is 18.6. The first-order valence-electron chi connectivity index (χ1n) is 10.1. The van der Waals surface area contributed by atoms with Crippen LogP contribution in [-0.4, -0.2) is 65.0 Å². The van der Waals surface area contributed by atoms with Gasteiger partial charge in [0.15, 0.2) is 0 Å². The molecule has 0 N–H and O–H groups in total. The van der Waals surface area contributed by atoms with Gasteiger partial charge in [-0.1, -0.05) is 6.42 Å². The molecule has 158 valence electrons. The molecule has 0 unspecified atom stereocenters. The average molecular weight is 439 g/mol. The number of carbonyl (C=O) groups excluding carboxylic acids is 1. The Labute approximate surface area is 174 Å². The average Bonchev–Trinajstić information content (AvgIpc) is 2.89. The first-order valence-corrected chi connectivity index (χ1v) is 12.6. The zero-order chi connectivity index (χ0) is 20.8. The van der Waals surface area contributed by atoms with Crippen LogP contribution in [0.4, 0.5) is 0 Å². The quantitative estimate of drug-likeness (QED) is 0.726. The van der Waals surface area contributed by atoms with E-state index in [1.165, 1.54) is 15.6 Å². The fraction of sp³-hybridized carbons (Fsp3) is 0.632. The van der Waals surface area contributed by atoms with Crippen molar-refractivity contribution < 1.29 is 13.2 Å². The summed E-state index contributed by atoms with van der Waals surface area (Å²) in [6.07, 6.45) is 3.89. The molecule has 1 saturated heterocycles. The maximum absolute atomic E-state index is 13.1. The summed E-state index contributed by atoms with van der Waals surface area (Å²) in [7, 11) is -3.24. The Bertz CT molecular complexity index is 1110. The van der Waals surface area contributed by atoms with E-state index in [9.17, 15) is 18.0 Å². The summed E-state index contributed by atoms with van der Waals surface area (Å²) in [5, 5.41) is 0.552. The summed E-state index contributed by atoms with van der Waals surface area (Å²) in [6.45, 7) is 5.45. The van der Waals surface area contributed by atoms with Crippen LogP contribution >= 0.6 is 11.3 Å². The van der Waals surface area contributed by atoms with Gasteiger partial charge in [0, 0.05) is 39.1 Å². The zero-order valence-electron chi connectivity index (χ0n) is 16.8. The summed E-state index contributed by atoms with van der Waals surface area (Å²) in [6, 6.07) is 0. The maximum atomic E-state index is 13.1. The maximum Gasteiger partial charge on any atom is 0.264 e. The van der Waals surface area contributed by atoms with E-state index in [1.54, 1.807) is 16.4 Å². The minimum Gasteiger partial charge on any atom is -0.335 e. The molecule has 0 radical (unpaired) electrons. The fourth-order valence-corrected chi connectivity index (χ4v) is 6.35. The molecule has 0 aliphatic carbocycles. The minimum atomic E-state index is -3.24. The van der Waals surface area contributed by atoms with Gasteiger partial charge in [0.25, 0.3) is 11.5 Å². The molecule has 2 aliphatic rings. The first-order chi connectivity index (χ1) is 13.8. The third kappa shape index (κ3) is 3.62. The highest BCUT2D eigenvalue weighted by Crippen LogP contribution is 2.29. The van der Waals surface area contributed by atoms with Gasteiger partial charge in [0.2, 0.25) is 10.0 Å². The van der Waals surface area contributed by atoms with Crippen molar-refractivity contribution in [1.29, 1.82) is 0 Å². The van der Waals surface area contributed by atoms with Gasteiger partial charge in [-0.3, -0.25) is 14.2 Å². The molecular formula is C19H26N4O4S2. The summed E-state index contributed by atoms with van der Waals surface area (Å²) < 4.78 is 27.3. The van der Waals surface area contributed by atoms with Crippen molar-refractivity contribution in [2.75, 3.05) is 31.9 Å². The van der Waals surface area contributed by atoms with Crippen LogP contribution in [0.15, 0.2) is 4.79 Å². The first kappa shape index (κ1) is 20.5. The molecule has 8 nitrogen and oxygen atoms in total. The number of hydrogen-bond donors (Lipinski definition) is 0. The second kappa shape index (κ2) is 7.81. The summed E-state index contributed by atoms with van der Waals surface area (Å²) in [4.78, 5) is 33.8. The van der Waals surface area contributed by atoms with Gasteiger partial charge in [-0.05, 0) is 32.3 Å². The monoisotopic (exact) mass is 438 g/mol. The Kier molecular flexibility index (Phi) is 5.52. The van der Waals surface area contributed by atoms with Crippen molar-refractivity contribution in [2.45, 2.75) is 46.1 Å². The molecule has 2 aliphatic heterocycles. The summed E-state index contributed by atoms with van der Waals surface area (Å²) >= 11 is 1.28. The number of aryl methyl sites for hydroxylation is 2. The van der Waals surface area contributed by atoms with E-state index in [2.05, 4.69) is 0 Å². The van der Waals surface area contributed by atoms with Gasteiger partial charge in [0.05, 0.1) is 16.0 Å². The van der Waals surface area contributed by atoms with Gasteiger partial charge in [-0.2, -0.15) is 4.31 Å². The Morgan fingerprint density at radius 1 is 1.10 bits per heavy atom. The Balaban J connectivity index is 1.63. The van der Waals surface area contributed by atoms with Crippen LogP contribution in [0.5, 0.6) is 0 Å². The van der Waals surface area contributed by atoms with Crippen LogP contribution < -0.4 is 5.56 Å². The number of hydrogen-bond acceptors (Lipinski definition) is 6. The molecule has 4 rings (SSSR count). The van der Waals surface area contributed by atoms with E-state index in [0.717, 1.165) is 31.5 Å². The van der Waals surface area contributed by atoms with Crippen LogP contribution in [0.2, 0.25) is 0 Å². The molecule has 1 amide bonds. The van der Waals surface area contributed by atoms with E-state index in [4.69, 9.17) is 4.98 Å². The van der Waals surface area contributed by atoms with E-state index < -0.39 is 10.0 Å². The Hall–Kier alpha value is -1.78. The lowest BCUT2D eigenvalue weighted by Crippen LogP contribution is -2.50. The summed E-state index contributed by atoms with van der Waals surface area (Å²) in [5.74, 6) is 0.744. The number of thiophene rings is 1. The minimum absolute atomic E-state index is 0.0430. The van der Waals surface area contributed by atoms with Crippen LogP contribution in [-0.2, 0) is 23.0 Å². The van der Waals surface area contributed by atoms with E-state index in [0.29, 0.717) is 53.4 Å². The molecule has 0 spiro atoms. The van der Waals surface area contributed by atoms with Crippen molar-refractivity contribution >= 4 is 37.5 Å². The molecule has 29 heavy (non-hydrogen) atoms. The molecule has 4 heterocycles. The van der Waals surface area contributed by atoms with Crippen LogP contribution in [0.3, 0.4) is 0 Å². The molecule has 10 heteroatoms. The lowest BCUT2D eigenvalue weighted by molar-refractivity contribution is 0.0702. The highest BCUT2D eigenvalue weighted by atomic mass is 32.2. The van der Waals surface area contributed by atoms with Crippen LogP contribution in [0.25, 0.3) is 10.2 Å². The lowest BCUT2D eigenvalue weighted by Gasteiger charge is -2.33. The number of aromatic nitrogens is 2. The topological polar surface area (TPSA) is 92.6 Å². The third-order valence-electron chi connectivity index (χ3n) is 5.89. The molecule has 1 fully saturated rings. The second-order valence-corrected chi connectivity index (χ2v) is 10.9. The standard InChI is InChI=1S/C19H26N4O4S2/c1-3-29(26,27)22-11-9-21(10-12-22)19(25)16-13(2)15-17(28-16)20-14-7-5-4-6-8-23(14)18(15)24/h3-12H2,1-2H3. The Morgan fingerprint density at radius 2 is 1.83 bits per heavy atom. The molecule has 0 aromatic carbocycles. The lowest BCUT2D eigenvalue weighted by atomic mass is 10.2. The second-order valence-electron chi connectivity index (χ2n) is 7.62. The highest BCUT2D eigenvalue weighted by molar-refractivity contribution is 7.89. The van der Waals surface area contributed by atoms with Crippen molar-refractivity contribution in [3.63, 3.8) is 0 Å². The molecule has 2 aromatic heterocycles. The number of rotatable bonds is 3. The van der Waals surface area contributed by atoms with Gasteiger partial charge in [-0.25, -0.2) is 13.4 Å². The van der Waals surface area contributed by atoms with Gasteiger partial charge in [-0.15, -0.1) is 11.3 Å². The molecule has 0 bridgehead atoms. The smallest absolute Gasteiger partial charge is 0.264 e. The van der Waals surface area contributed by atoms with Crippen molar-refractivity contribution in [2.24, 2.45) is 0 Å². The largest absolute Gasteiger partial charge is 0.335 e. The number of piperazine rings is 1. The molecule has 0 atom stereocenters. The predicted octanol–water partition coefficient (Wildman–Crippen LogP) is 1.60. The van der Waals surface area contributed by atoms with Crippen molar-refractivity contribution in [3.05, 3.63) is 26.6 Å². The van der Waals surface area contributed by atoms with E-state index in [1.807, 2.05) is 6.92 Å². The van der Waals surface area contributed by atoms with Crippen molar-refractivity contribution in [1.82, 2.24) is 18.8 Å². The van der Waals surface area contributed by atoms with Gasteiger partial charge < -0.3 is 4.90 Å². The number of sulfonamides is 1. The molecular weight excluding hydrogens is 412 g/mol. The van der Waals surface area contributed by atoms with Crippen molar-refractivity contribution in [3.8, 4) is 0 Å². The van der Waals surface area contributed by atoms with E-state index >= 15 is 0 Å². The Morgan fingerprint density at radius 3 is 2.52 bits per heavy atom. The molecule has 0 saturated carbocycles. The number of carbonyl (C=O) groups is 1. The number of nitrogens with zero attached hydrogens (tertiary/aromatic N) is 4. The van der Waals surface area contributed by atoms with Gasteiger partial charge >= 0.3 is 0 Å². The zero-order valence-corrected chi connectivity index (χ0v) is 18.4. The van der Waals surface area contributed by atoms with E-state index in [-0.39, 0.29) is 17.2 Å². The van der Waals surface area contributed by atoms with Crippen LogP contribution in [0.1, 0.15) is 47.2 Å². The predicted molar refractivity (Wildman–Crippen MR) is 113 cm³/mol.